The van der Waals surface area contributed by atoms with Crippen LogP contribution in [0.3, 0.4) is 0 Å². The third-order valence-corrected chi connectivity index (χ3v) is 3.12. The van der Waals surface area contributed by atoms with Crippen LogP contribution in [0.1, 0.15) is 27.0 Å². The van der Waals surface area contributed by atoms with Crippen molar-refractivity contribution in [2.45, 2.75) is 20.8 Å². The molecular weight excluding hydrogens is 238 g/mol. The van der Waals surface area contributed by atoms with Gasteiger partial charge in [-0.1, -0.05) is 17.7 Å². The first-order valence-electron chi connectivity index (χ1n) is 5.22. The van der Waals surface area contributed by atoms with Gasteiger partial charge in [-0.3, -0.25) is 0 Å². The number of halogens is 1. The topological polar surface area (TPSA) is 50.2 Å². The number of hydrogen-bond donors (Lipinski definition) is 1. The molecule has 2 rings (SSSR count). The SMILES string of the molecule is Cc1cc(C)c2c(C)c(C(=O)O)c(Cl)nc2c1. The van der Waals surface area contributed by atoms with Crippen molar-refractivity contribution in [3.8, 4) is 0 Å². The highest BCUT2D eigenvalue weighted by atomic mass is 35.5. The third kappa shape index (κ3) is 1.87. The van der Waals surface area contributed by atoms with Gasteiger partial charge in [-0.05, 0) is 43.5 Å². The van der Waals surface area contributed by atoms with E-state index in [2.05, 4.69) is 4.98 Å². The van der Waals surface area contributed by atoms with Crippen LogP contribution >= 0.6 is 11.6 Å². The molecule has 0 saturated heterocycles. The Labute approximate surface area is 104 Å². The minimum Gasteiger partial charge on any atom is -0.478 e. The van der Waals surface area contributed by atoms with Crippen molar-refractivity contribution in [3.05, 3.63) is 39.5 Å². The molecule has 1 aromatic carbocycles. The van der Waals surface area contributed by atoms with Crippen LogP contribution in [0.2, 0.25) is 5.15 Å². The maximum Gasteiger partial charge on any atom is 0.339 e. The van der Waals surface area contributed by atoms with Crippen LogP contribution in [0.5, 0.6) is 0 Å². The van der Waals surface area contributed by atoms with E-state index < -0.39 is 5.97 Å². The zero-order valence-corrected chi connectivity index (χ0v) is 10.6. The van der Waals surface area contributed by atoms with E-state index in [4.69, 9.17) is 16.7 Å². The number of pyridine rings is 1. The second-order valence-corrected chi connectivity index (χ2v) is 4.54. The van der Waals surface area contributed by atoms with Gasteiger partial charge in [-0.15, -0.1) is 0 Å². The van der Waals surface area contributed by atoms with E-state index in [9.17, 15) is 4.79 Å². The van der Waals surface area contributed by atoms with Crippen LogP contribution in [0, 0.1) is 20.8 Å². The van der Waals surface area contributed by atoms with E-state index in [1.165, 1.54) is 0 Å². The number of carbonyl (C=O) groups is 1. The maximum atomic E-state index is 11.1. The van der Waals surface area contributed by atoms with Gasteiger partial charge in [0, 0.05) is 5.39 Å². The maximum absolute atomic E-state index is 11.1. The molecule has 0 saturated carbocycles. The van der Waals surface area contributed by atoms with Crippen molar-refractivity contribution >= 4 is 28.5 Å². The van der Waals surface area contributed by atoms with Gasteiger partial charge < -0.3 is 5.11 Å². The fourth-order valence-corrected chi connectivity index (χ4v) is 2.52. The lowest BCUT2D eigenvalue weighted by molar-refractivity contribution is 0.0696. The lowest BCUT2D eigenvalue weighted by Gasteiger charge is -2.10. The second kappa shape index (κ2) is 4.00. The standard InChI is InChI=1S/C13H12ClNO2/c1-6-4-7(2)10-8(3)11(13(16)17)12(14)15-9(10)5-6/h4-5H,1-3H3,(H,16,17). The second-order valence-electron chi connectivity index (χ2n) is 4.18. The van der Waals surface area contributed by atoms with E-state index in [1.807, 2.05) is 26.0 Å². The van der Waals surface area contributed by atoms with Crippen molar-refractivity contribution in [2.24, 2.45) is 0 Å². The highest BCUT2D eigenvalue weighted by Crippen LogP contribution is 2.29. The van der Waals surface area contributed by atoms with Crippen LogP contribution in [0.25, 0.3) is 10.9 Å². The number of fused-ring (bicyclic) bond motifs is 1. The zero-order valence-electron chi connectivity index (χ0n) is 9.84. The Kier molecular flexibility index (Phi) is 2.79. The minimum atomic E-state index is -1.04. The third-order valence-electron chi connectivity index (χ3n) is 2.85. The summed E-state index contributed by atoms with van der Waals surface area (Å²) in [6.45, 7) is 5.69. The normalized spacial score (nSPS) is 10.8. The van der Waals surface area contributed by atoms with Gasteiger partial charge in [-0.2, -0.15) is 0 Å². The highest BCUT2D eigenvalue weighted by Gasteiger charge is 2.17. The van der Waals surface area contributed by atoms with Crippen LogP contribution in [-0.2, 0) is 0 Å². The molecule has 0 aliphatic heterocycles. The van der Waals surface area contributed by atoms with Gasteiger partial charge >= 0.3 is 5.97 Å². The molecule has 0 radical (unpaired) electrons. The number of aromatic carboxylic acids is 1. The van der Waals surface area contributed by atoms with Gasteiger partial charge in [0.15, 0.2) is 0 Å². The molecule has 1 N–H and O–H groups in total. The summed E-state index contributed by atoms with van der Waals surface area (Å²) in [6.07, 6.45) is 0. The van der Waals surface area contributed by atoms with E-state index in [0.717, 1.165) is 22.0 Å². The van der Waals surface area contributed by atoms with Crippen LogP contribution in [-0.4, -0.2) is 16.1 Å². The number of hydrogen-bond acceptors (Lipinski definition) is 2. The summed E-state index contributed by atoms with van der Waals surface area (Å²) in [6, 6.07) is 3.92. The van der Waals surface area contributed by atoms with E-state index in [0.29, 0.717) is 5.56 Å². The summed E-state index contributed by atoms with van der Waals surface area (Å²) in [5.41, 5.74) is 3.61. The highest BCUT2D eigenvalue weighted by molar-refractivity contribution is 6.33. The first kappa shape index (κ1) is 11.9. The smallest absolute Gasteiger partial charge is 0.339 e. The molecule has 2 aromatic rings. The summed E-state index contributed by atoms with van der Waals surface area (Å²) >= 11 is 5.92. The Morgan fingerprint density at radius 2 is 1.94 bits per heavy atom. The van der Waals surface area contributed by atoms with E-state index in [-0.39, 0.29) is 10.7 Å². The van der Waals surface area contributed by atoms with Gasteiger partial charge in [-0.25, -0.2) is 9.78 Å². The fourth-order valence-electron chi connectivity index (χ4n) is 2.21. The molecule has 0 atom stereocenters. The predicted octanol–water partition coefficient (Wildman–Crippen LogP) is 3.51. The average molecular weight is 250 g/mol. The first-order chi connectivity index (χ1) is 7.91. The predicted molar refractivity (Wildman–Crippen MR) is 67.9 cm³/mol. The van der Waals surface area contributed by atoms with Gasteiger partial charge in [0.25, 0.3) is 0 Å². The molecular formula is C13H12ClNO2. The number of carboxylic acid groups (broad SMARTS) is 1. The molecule has 0 unspecified atom stereocenters. The Morgan fingerprint density at radius 1 is 1.29 bits per heavy atom. The molecule has 3 nitrogen and oxygen atoms in total. The summed E-state index contributed by atoms with van der Waals surface area (Å²) < 4.78 is 0. The average Bonchev–Trinajstić information content (AvgIpc) is 2.13. The minimum absolute atomic E-state index is 0.0486. The van der Waals surface area contributed by atoms with Gasteiger partial charge in [0.05, 0.1) is 5.52 Å². The number of nitrogens with zero attached hydrogens (tertiary/aromatic N) is 1. The summed E-state index contributed by atoms with van der Waals surface area (Å²) in [5.74, 6) is -1.04. The number of aromatic nitrogens is 1. The molecule has 88 valence electrons. The van der Waals surface area contributed by atoms with Crippen LogP contribution in [0.4, 0.5) is 0 Å². The Morgan fingerprint density at radius 3 is 2.53 bits per heavy atom. The van der Waals surface area contributed by atoms with Gasteiger partial charge in [0.2, 0.25) is 0 Å². The number of aryl methyl sites for hydroxylation is 3. The number of rotatable bonds is 1. The summed E-state index contributed by atoms with van der Waals surface area (Å²) in [4.78, 5) is 15.3. The first-order valence-corrected chi connectivity index (χ1v) is 5.60. The molecule has 1 heterocycles. The Balaban J connectivity index is 2.97. The molecule has 0 spiro atoms. The zero-order chi connectivity index (χ0) is 12.7. The van der Waals surface area contributed by atoms with E-state index >= 15 is 0 Å². The molecule has 4 heteroatoms. The quantitative estimate of drug-likeness (QED) is 0.787. The van der Waals surface area contributed by atoms with Crippen molar-refractivity contribution in [3.63, 3.8) is 0 Å². The van der Waals surface area contributed by atoms with Crippen molar-refractivity contribution < 1.29 is 9.90 Å². The molecule has 0 bridgehead atoms. The molecule has 0 aliphatic carbocycles. The van der Waals surface area contributed by atoms with Gasteiger partial charge in [0.1, 0.15) is 10.7 Å². The largest absolute Gasteiger partial charge is 0.478 e. The van der Waals surface area contributed by atoms with Crippen LogP contribution in [0.15, 0.2) is 12.1 Å². The van der Waals surface area contributed by atoms with Crippen LogP contribution < -0.4 is 0 Å². The Hall–Kier alpha value is -1.61. The van der Waals surface area contributed by atoms with Crippen molar-refractivity contribution in [2.75, 3.05) is 0 Å². The van der Waals surface area contributed by atoms with E-state index in [1.54, 1.807) is 6.92 Å². The summed E-state index contributed by atoms with van der Waals surface area (Å²) in [5, 5.41) is 10.0. The lowest BCUT2D eigenvalue weighted by Crippen LogP contribution is -2.04. The molecule has 1 aromatic heterocycles. The van der Waals surface area contributed by atoms with Crippen molar-refractivity contribution in [1.29, 1.82) is 0 Å². The number of carboxylic acids is 1. The number of benzene rings is 1. The lowest BCUT2D eigenvalue weighted by atomic mass is 9.99. The summed E-state index contributed by atoms with van der Waals surface area (Å²) in [7, 11) is 0. The molecule has 0 aliphatic rings. The Bertz CT molecular complexity index is 635. The van der Waals surface area contributed by atoms with Crippen molar-refractivity contribution in [1.82, 2.24) is 4.98 Å². The molecule has 0 fully saturated rings. The molecule has 0 amide bonds. The molecule has 17 heavy (non-hydrogen) atoms. The monoisotopic (exact) mass is 249 g/mol. The fraction of sp³-hybridized carbons (Fsp3) is 0.231.